The lowest BCUT2D eigenvalue weighted by Gasteiger charge is -2.21. The summed E-state index contributed by atoms with van der Waals surface area (Å²) in [5, 5.41) is 0. The molecule has 0 unspecified atom stereocenters. The molecular formula is C11H20F3N3O2. The van der Waals surface area contributed by atoms with Gasteiger partial charge in [0.25, 0.3) is 0 Å². The highest BCUT2D eigenvalue weighted by molar-refractivity contribution is 5.77. The predicted octanol–water partition coefficient (Wildman–Crippen LogP) is 0.0583. The number of hydrogen-bond donors (Lipinski definition) is 1. The number of amides is 1. The lowest BCUT2D eigenvalue weighted by Crippen LogP contribution is -2.38. The molecule has 1 rings (SSSR count). The van der Waals surface area contributed by atoms with E-state index in [1.807, 2.05) is 0 Å². The van der Waals surface area contributed by atoms with Gasteiger partial charge in [-0.15, -0.1) is 0 Å². The number of carbonyl (C=O) groups is 1. The van der Waals surface area contributed by atoms with E-state index in [4.69, 9.17) is 5.73 Å². The van der Waals surface area contributed by atoms with Crippen LogP contribution in [0.5, 0.6) is 0 Å². The van der Waals surface area contributed by atoms with Gasteiger partial charge in [-0.3, -0.25) is 4.79 Å². The number of alkyl halides is 3. The molecule has 1 aliphatic heterocycles. The van der Waals surface area contributed by atoms with E-state index in [0.29, 0.717) is 26.2 Å². The Morgan fingerprint density at radius 3 is 2.58 bits per heavy atom. The van der Waals surface area contributed by atoms with Crippen molar-refractivity contribution in [2.45, 2.75) is 12.6 Å². The Morgan fingerprint density at radius 2 is 1.95 bits per heavy atom. The summed E-state index contributed by atoms with van der Waals surface area (Å²) in [6.45, 7) is 2.04. The van der Waals surface area contributed by atoms with Gasteiger partial charge in [-0.2, -0.15) is 13.2 Å². The number of carbonyl (C=O) groups excluding carboxylic acids is 1. The van der Waals surface area contributed by atoms with Crippen molar-refractivity contribution in [3.63, 3.8) is 0 Å². The third-order valence-corrected chi connectivity index (χ3v) is 2.88. The van der Waals surface area contributed by atoms with Crippen LogP contribution in [0.25, 0.3) is 0 Å². The van der Waals surface area contributed by atoms with E-state index >= 15 is 0 Å². The molecule has 0 atom stereocenters. The maximum absolute atomic E-state index is 11.9. The van der Waals surface area contributed by atoms with E-state index in [0.717, 1.165) is 19.5 Å². The van der Waals surface area contributed by atoms with Gasteiger partial charge in [0.2, 0.25) is 5.91 Å². The van der Waals surface area contributed by atoms with Crippen molar-refractivity contribution >= 4 is 5.91 Å². The Kier molecular flexibility index (Phi) is 6.53. The smallest absolute Gasteiger partial charge is 0.362 e. The van der Waals surface area contributed by atoms with Crippen molar-refractivity contribution in [1.82, 2.24) is 9.80 Å². The number of nitrogens with two attached hydrogens (primary N) is 1. The average Bonchev–Trinajstić information content (AvgIpc) is 2.53. The maximum atomic E-state index is 11.9. The Bertz CT molecular complexity index is 287. The molecule has 0 aromatic rings. The molecule has 0 bridgehead atoms. The Morgan fingerprint density at radius 1 is 1.21 bits per heavy atom. The van der Waals surface area contributed by atoms with Gasteiger partial charge < -0.3 is 20.3 Å². The van der Waals surface area contributed by atoms with Crippen LogP contribution in [-0.2, 0) is 9.53 Å². The van der Waals surface area contributed by atoms with Crippen LogP contribution in [0.2, 0.25) is 0 Å². The fourth-order valence-corrected chi connectivity index (χ4v) is 1.97. The molecule has 19 heavy (non-hydrogen) atoms. The highest BCUT2D eigenvalue weighted by atomic mass is 19.4. The number of rotatable bonds is 5. The van der Waals surface area contributed by atoms with Crippen molar-refractivity contribution in [3.8, 4) is 0 Å². The van der Waals surface area contributed by atoms with E-state index in [-0.39, 0.29) is 5.91 Å². The van der Waals surface area contributed by atoms with E-state index in [2.05, 4.69) is 9.64 Å². The standard InChI is InChI=1S/C11H20F3N3O2/c12-11(13,14)9-19-8-10(18)17-4-1-3-16(5-2-15)6-7-17/h1-9,15H2. The molecule has 5 nitrogen and oxygen atoms in total. The van der Waals surface area contributed by atoms with Crippen molar-refractivity contribution in [3.05, 3.63) is 0 Å². The quantitative estimate of drug-likeness (QED) is 0.775. The van der Waals surface area contributed by atoms with Crippen molar-refractivity contribution in [1.29, 1.82) is 0 Å². The number of halogens is 3. The van der Waals surface area contributed by atoms with Crippen LogP contribution < -0.4 is 5.73 Å². The topological polar surface area (TPSA) is 58.8 Å². The lowest BCUT2D eigenvalue weighted by molar-refractivity contribution is -0.177. The SMILES string of the molecule is NCCN1CCCN(C(=O)COCC(F)(F)F)CC1. The van der Waals surface area contributed by atoms with E-state index < -0.39 is 19.4 Å². The summed E-state index contributed by atoms with van der Waals surface area (Å²) in [5.74, 6) is -0.390. The van der Waals surface area contributed by atoms with Crippen molar-refractivity contribution in [2.75, 3.05) is 52.5 Å². The summed E-state index contributed by atoms with van der Waals surface area (Å²) in [5.41, 5.74) is 5.46. The van der Waals surface area contributed by atoms with Crippen molar-refractivity contribution in [2.24, 2.45) is 5.73 Å². The van der Waals surface area contributed by atoms with Crippen LogP contribution >= 0.6 is 0 Å². The molecule has 1 fully saturated rings. The summed E-state index contributed by atoms with van der Waals surface area (Å²) in [7, 11) is 0. The number of hydrogen-bond acceptors (Lipinski definition) is 4. The first-order valence-electron chi connectivity index (χ1n) is 6.27. The van der Waals surface area contributed by atoms with Gasteiger partial charge in [0.05, 0.1) is 0 Å². The second-order valence-electron chi connectivity index (χ2n) is 4.47. The second-order valence-corrected chi connectivity index (χ2v) is 4.47. The summed E-state index contributed by atoms with van der Waals surface area (Å²) in [6.07, 6.45) is -3.60. The first-order chi connectivity index (χ1) is 8.92. The monoisotopic (exact) mass is 283 g/mol. The van der Waals surface area contributed by atoms with Gasteiger partial charge in [-0.25, -0.2) is 0 Å². The lowest BCUT2D eigenvalue weighted by atomic mass is 10.3. The maximum Gasteiger partial charge on any atom is 0.411 e. The number of ether oxygens (including phenoxy) is 1. The third-order valence-electron chi connectivity index (χ3n) is 2.88. The molecule has 0 spiro atoms. The van der Waals surface area contributed by atoms with Crippen LogP contribution in [0.3, 0.4) is 0 Å². The molecule has 112 valence electrons. The first-order valence-corrected chi connectivity index (χ1v) is 6.27. The van der Waals surface area contributed by atoms with E-state index in [1.54, 1.807) is 4.90 Å². The first kappa shape index (κ1) is 16.2. The minimum absolute atomic E-state index is 0.390. The fourth-order valence-electron chi connectivity index (χ4n) is 1.97. The number of nitrogens with zero attached hydrogens (tertiary/aromatic N) is 2. The molecule has 1 amide bonds. The highest BCUT2D eigenvalue weighted by Crippen LogP contribution is 2.14. The summed E-state index contributed by atoms with van der Waals surface area (Å²) in [4.78, 5) is 15.4. The molecule has 0 aliphatic carbocycles. The Hall–Kier alpha value is -0.860. The van der Waals surface area contributed by atoms with Gasteiger partial charge >= 0.3 is 6.18 Å². The predicted molar refractivity (Wildman–Crippen MR) is 63.6 cm³/mol. The van der Waals surface area contributed by atoms with Crippen LogP contribution in [0.15, 0.2) is 0 Å². The van der Waals surface area contributed by atoms with E-state index in [1.165, 1.54) is 0 Å². The molecular weight excluding hydrogens is 263 g/mol. The second kappa shape index (κ2) is 7.66. The summed E-state index contributed by atoms with van der Waals surface area (Å²) < 4.78 is 40.0. The Labute approximate surface area is 110 Å². The average molecular weight is 283 g/mol. The third kappa shape index (κ3) is 6.74. The zero-order valence-corrected chi connectivity index (χ0v) is 10.8. The summed E-state index contributed by atoms with van der Waals surface area (Å²) >= 11 is 0. The molecule has 8 heteroatoms. The van der Waals surface area contributed by atoms with E-state index in [9.17, 15) is 18.0 Å². The molecule has 1 heterocycles. The minimum Gasteiger partial charge on any atom is -0.362 e. The zero-order chi connectivity index (χ0) is 14.3. The molecule has 0 aromatic carbocycles. The molecule has 0 radical (unpaired) electrons. The van der Waals surface area contributed by atoms with Crippen molar-refractivity contribution < 1.29 is 22.7 Å². The van der Waals surface area contributed by atoms with Gasteiger partial charge in [-0.1, -0.05) is 0 Å². The van der Waals surface area contributed by atoms with Gasteiger partial charge in [0, 0.05) is 32.7 Å². The van der Waals surface area contributed by atoms with Gasteiger partial charge in [-0.05, 0) is 13.0 Å². The molecule has 0 aromatic heterocycles. The van der Waals surface area contributed by atoms with Crippen LogP contribution in [0.4, 0.5) is 13.2 Å². The van der Waals surface area contributed by atoms with Gasteiger partial charge in [0.1, 0.15) is 13.2 Å². The molecule has 0 saturated carbocycles. The normalized spacial score (nSPS) is 18.4. The van der Waals surface area contributed by atoms with Crippen LogP contribution in [0, 0.1) is 0 Å². The zero-order valence-electron chi connectivity index (χ0n) is 10.8. The molecule has 1 saturated heterocycles. The van der Waals surface area contributed by atoms with Gasteiger partial charge in [0.15, 0.2) is 0 Å². The Balaban J connectivity index is 2.29. The van der Waals surface area contributed by atoms with Crippen LogP contribution in [-0.4, -0.2) is 74.4 Å². The highest BCUT2D eigenvalue weighted by Gasteiger charge is 2.28. The fraction of sp³-hybridized carbons (Fsp3) is 0.909. The largest absolute Gasteiger partial charge is 0.411 e. The minimum atomic E-state index is -4.39. The van der Waals surface area contributed by atoms with Crippen LogP contribution in [0.1, 0.15) is 6.42 Å². The molecule has 1 aliphatic rings. The summed E-state index contributed by atoms with van der Waals surface area (Å²) in [6, 6.07) is 0. The molecule has 2 N–H and O–H groups in total.